The normalized spacial score (nSPS) is 24.0. The fraction of sp³-hybridized carbons (Fsp3) is 1.00. The zero-order chi connectivity index (χ0) is 9.90. The average Bonchev–Trinajstić information content (AvgIpc) is 2.00. The van der Waals surface area contributed by atoms with Crippen molar-refractivity contribution in [1.82, 2.24) is 4.90 Å². The van der Waals surface area contributed by atoms with Gasteiger partial charge in [0.1, 0.15) is 0 Å². The van der Waals surface area contributed by atoms with Crippen molar-refractivity contribution in [3.05, 3.63) is 0 Å². The van der Waals surface area contributed by atoms with Crippen LogP contribution in [0.25, 0.3) is 0 Å². The quantitative estimate of drug-likeness (QED) is 0.688. The smallest absolute Gasteiger partial charge is 0.0618 e. The van der Waals surface area contributed by atoms with Gasteiger partial charge in [-0.3, -0.25) is 4.90 Å². The summed E-state index contributed by atoms with van der Waals surface area (Å²) in [6, 6.07) is 0.406. The molecule has 0 bridgehead atoms. The molecule has 1 rings (SSSR count). The summed E-state index contributed by atoms with van der Waals surface area (Å²) < 4.78 is 5.13. The molecule has 1 fully saturated rings. The van der Waals surface area contributed by atoms with Gasteiger partial charge in [-0.1, -0.05) is 13.8 Å². The van der Waals surface area contributed by atoms with Gasteiger partial charge in [0.15, 0.2) is 0 Å². The molecule has 1 aliphatic rings. The molecule has 3 heteroatoms. The molecule has 0 spiro atoms. The standard InChI is InChI=1S/C10H21NO2/c1-10(2)7-11(8-10)9(4-5-12)6-13-3/h9,12H,4-8H2,1-3H3. The lowest BCUT2D eigenvalue weighted by atomic mass is 9.83. The fourth-order valence-electron chi connectivity index (χ4n) is 2.02. The molecule has 0 aromatic rings. The Morgan fingerprint density at radius 1 is 1.46 bits per heavy atom. The van der Waals surface area contributed by atoms with E-state index in [1.165, 1.54) is 0 Å². The van der Waals surface area contributed by atoms with Gasteiger partial charge < -0.3 is 9.84 Å². The van der Waals surface area contributed by atoms with E-state index in [1.807, 2.05) is 0 Å². The maximum Gasteiger partial charge on any atom is 0.0618 e. The lowest BCUT2D eigenvalue weighted by molar-refractivity contribution is -0.0380. The highest BCUT2D eigenvalue weighted by Gasteiger charge is 2.37. The molecule has 0 radical (unpaired) electrons. The van der Waals surface area contributed by atoms with Gasteiger partial charge in [-0.15, -0.1) is 0 Å². The molecule has 1 atom stereocenters. The molecule has 1 N–H and O–H groups in total. The molecular formula is C10H21NO2. The van der Waals surface area contributed by atoms with Crippen LogP contribution in [0.2, 0.25) is 0 Å². The van der Waals surface area contributed by atoms with Gasteiger partial charge in [-0.2, -0.15) is 0 Å². The van der Waals surface area contributed by atoms with Crippen molar-refractivity contribution in [3.63, 3.8) is 0 Å². The van der Waals surface area contributed by atoms with E-state index in [2.05, 4.69) is 18.7 Å². The molecule has 1 aliphatic heterocycles. The predicted molar refractivity (Wildman–Crippen MR) is 52.7 cm³/mol. The van der Waals surface area contributed by atoms with E-state index in [0.717, 1.165) is 26.1 Å². The molecule has 0 amide bonds. The van der Waals surface area contributed by atoms with E-state index in [-0.39, 0.29) is 6.61 Å². The summed E-state index contributed by atoms with van der Waals surface area (Å²) in [5, 5.41) is 8.88. The van der Waals surface area contributed by atoms with Crippen molar-refractivity contribution in [2.45, 2.75) is 26.3 Å². The Labute approximate surface area is 80.7 Å². The summed E-state index contributed by atoms with van der Waals surface area (Å²) in [5.74, 6) is 0. The Morgan fingerprint density at radius 2 is 2.08 bits per heavy atom. The van der Waals surface area contributed by atoms with Crippen LogP contribution in [0.3, 0.4) is 0 Å². The van der Waals surface area contributed by atoms with Crippen molar-refractivity contribution < 1.29 is 9.84 Å². The van der Waals surface area contributed by atoms with Crippen LogP contribution in [0.1, 0.15) is 20.3 Å². The summed E-state index contributed by atoms with van der Waals surface area (Å²) >= 11 is 0. The van der Waals surface area contributed by atoms with Gasteiger partial charge in [-0.05, 0) is 11.8 Å². The molecule has 3 nitrogen and oxygen atoms in total. The molecule has 78 valence electrons. The summed E-state index contributed by atoms with van der Waals surface area (Å²) in [7, 11) is 1.72. The zero-order valence-corrected chi connectivity index (χ0v) is 8.92. The number of nitrogens with zero attached hydrogens (tertiary/aromatic N) is 1. The highest BCUT2D eigenvalue weighted by molar-refractivity contribution is 4.91. The van der Waals surface area contributed by atoms with Crippen LogP contribution in [0.15, 0.2) is 0 Å². The number of rotatable bonds is 5. The summed E-state index contributed by atoms with van der Waals surface area (Å²) in [6.45, 7) is 7.78. The van der Waals surface area contributed by atoms with Crippen molar-refractivity contribution in [3.8, 4) is 0 Å². The van der Waals surface area contributed by atoms with E-state index in [0.29, 0.717) is 11.5 Å². The maximum atomic E-state index is 8.88. The van der Waals surface area contributed by atoms with Crippen LogP contribution in [0.5, 0.6) is 0 Å². The molecule has 1 heterocycles. The van der Waals surface area contributed by atoms with E-state index in [1.54, 1.807) is 7.11 Å². The molecule has 0 aliphatic carbocycles. The Bertz CT molecular complexity index is 145. The molecule has 1 unspecified atom stereocenters. The molecule has 0 aromatic heterocycles. The second-order valence-corrected chi connectivity index (χ2v) is 4.69. The van der Waals surface area contributed by atoms with Crippen LogP contribution in [-0.2, 0) is 4.74 Å². The Kier molecular flexibility index (Phi) is 3.71. The minimum atomic E-state index is 0.255. The third-order valence-corrected chi connectivity index (χ3v) is 2.60. The first kappa shape index (κ1) is 11.0. The first-order valence-electron chi connectivity index (χ1n) is 4.93. The zero-order valence-electron chi connectivity index (χ0n) is 8.92. The number of hydrogen-bond donors (Lipinski definition) is 1. The van der Waals surface area contributed by atoms with Gasteiger partial charge in [0.25, 0.3) is 0 Å². The van der Waals surface area contributed by atoms with Crippen molar-refractivity contribution >= 4 is 0 Å². The van der Waals surface area contributed by atoms with Crippen LogP contribution in [0.4, 0.5) is 0 Å². The number of hydrogen-bond acceptors (Lipinski definition) is 3. The highest BCUT2D eigenvalue weighted by Crippen LogP contribution is 2.31. The SMILES string of the molecule is COCC(CCO)N1CC(C)(C)C1. The van der Waals surface area contributed by atoms with E-state index >= 15 is 0 Å². The third-order valence-electron chi connectivity index (χ3n) is 2.60. The Morgan fingerprint density at radius 3 is 2.46 bits per heavy atom. The average molecular weight is 187 g/mol. The lowest BCUT2D eigenvalue weighted by Crippen LogP contribution is -2.58. The largest absolute Gasteiger partial charge is 0.396 e. The number of aliphatic hydroxyl groups excluding tert-OH is 1. The first-order valence-corrected chi connectivity index (χ1v) is 4.93. The first-order chi connectivity index (χ1) is 6.09. The lowest BCUT2D eigenvalue weighted by Gasteiger charge is -2.49. The van der Waals surface area contributed by atoms with Crippen LogP contribution in [-0.4, -0.2) is 49.5 Å². The fourth-order valence-corrected chi connectivity index (χ4v) is 2.02. The third kappa shape index (κ3) is 2.93. The molecule has 0 aromatic carbocycles. The summed E-state index contributed by atoms with van der Waals surface area (Å²) in [4.78, 5) is 2.39. The number of likely N-dealkylation sites (tertiary alicyclic amines) is 1. The highest BCUT2D eigenvalue weighted by atomic mass is 16.5. The van der Waals surface area contributed by atoms with Crippen molar-refractivity contribution in [1.29, 1.82) is 0 Å². The monoisotopic (exact) mass is 187 g/mol. The predicted octanol–water partition coefficient (Wildman–Crippen LogP) is 0.726. The van der Waals surface area contributed by atoms with Crippen molar-refractivity contribution in [2.75, 3.05) is 33.4 Å². The molecule has 0 saturated carbocycles. The van der Waals surface area contributed by atoms with E-state index in [9.17, 15) is 0 Å². The van der Waals surface area contributed by atoms with Crippen LogP contribution >= 0.6 is 0 Å². The van der Waals surface area contributed by atoms with Crippen LogP contribution < -0.4 is 0 Å². The molecule has 1 saturated heterocycles. The van der Waals surface area contributed by atoms with Gasteiger partial charge in [0.2, 0.25) is 0 Å². The number of aliphatic hydroxyl groups is 1. The minimum absolute atomic E-state index is 0.255. The van der Waals surface area contributed by atoms with Gasteiger partial charge in [0, 0.05) is 32.8 Å². The van der Waals surface area contributed by atoms with E-state index < -0.39 is 0 Å². The second-order valence-electron chi connectivity index (χ2n) is 4.69. The number of methoxy groups -OCH3 is 1. The summed E-state index contributed by atoms with van der Waals surface area (Å²) in [6.07, 6.45) is 0.823. The Hall–Kier alpha value is -0.120. The van der Waals surface area contributed by atoms with Crippen molar-refractivity contribution in [2.24, 2.45) is 5.41 Å². The Balaban J connectivity index is 2.30. The molecular weight excluding hydrogens is 166 g/mol. The van der Waals surface area contributed by atoms with E-state index in [4.69, 9.17) is 9.84 Å². The minimum Gasteiger partial charge on any atom is -0.396 e. The molecule has 13 heavy (non-hydrogen) atoms. The van der Waals surface area contributed by atoms with Gasteiger partial charge in [-0.25, -0.2) is 0 Å². The second kappa shape index (κ2) is 4.40. The van der Waals surface area contributed by atoms with Gasteiger partial charge in [0.05, 0.1) is 6.61 Å². The van der Waals surface area contributed by atoms with Crippen LogP contribution in [0, 0.1) is 5.41 Å². The number of ether oxygens (including phenoxy) is 1. The summed E-state index contributed by atoms with van der Waals surface area (Å²) in [5.41, 5.74) is 0.460. The van der Waals surface area contributed by atoms with Gasteiger partial charge >= 0.3 is 0 Å². The maximum absolute atomic E-state index is 8.88. The topological polar surface area (TPSA) is 32.7 Å².